The number of amides is 2. The molecule has 0 aliphatic carbocycles. The van der Waals surface area contributed by atoms with Crippen LogP contribution in [0.25, 0.3) is 0 Å². The number of benzene rings is 3. The molecule has 0 heterocycles. The second kappa shape index (κ2) is 11.8. The fourth-order valence-electron chi connectivity index (χ4n) is 3.12. The lowest BCUT2D eigenvalue weighted by Crippen LogP contribution is -2.27. The minimum Gasteiger partial charge on any atom is -0.415 e. The molecule has 0 unspecified atom stereocenters. The average molecular weight is 556 g/mol. The van der Waals surface area contributed by atoms with Gasteiger partial charge in [-0.05, 0) is 48.5 Å². The minimum absolute atomic E-state index is 0.102. The number of alkyl halides is 3. The van der Waals surface area contributed by atoms with Gasteiger partial charge in [0.1, 0.15) is 0 Å². The Kier molecular flexibility index (Phi) is 8.67. The summed E-state index contributed by atoms with van der Waals surface area (Å²) in [5.74, 6) is -2.71. The number of hydrogen-bond donors (Lipinski definition) is 2. The van der Waals surface area contributed by atoms with E-state index in [1.165, 1.54) is 36.4 Å². The monoisotopic (exact) mass is 556 g/mol. The first-order chi connectivity index (χ1) is 18.7. The van der Waals surface area contributed by atoms with Crippen LogP contribution in [0.1, 0.15) is 52.6 Å². The number of rotatable bonds is 7. The van der Waals surface area contributed by atoms with Crippen molar-refractivity contribution in [2.75, 3.05) is 5.32 Å². The van der Waals surface area contributed by atoms with Crippen LogP contribution in [-0.2, 0) is 11.0 Å². The number of halogens is 3. The number of nitro benzene ring substituents is 1. The Morgan fingerprint density at radius 2 is 1.60 bits per heavy atom. The molecule has 3 aromatic rings. The first-order valence-electron chi connectivity index (χ1n) is 11.6. The largest absolute Gasteiger partial charge is 0.416 e. The zero-order valence-corrected chi connectivity index (χ0v) is 21.4. The van der Waals surface area contributed by atoms with Crippen LogP contribution in [0.15, 0.2) is 71.8 Å². The predicted octanol–water partition coefficient (Wildman–Crippen LogP) is 5.58. The summed E-state index contributed by atoms with van der Waals surface area (Å²) in [6, 6.07) is 12.9. The lowest BCUT2D eigenvalue weighted by molar-refractivity contribution is -0.385. The van der Waals surface area contributed by atoms with E-state index in [2.05, 4.69) is 15.8 Å². The van der Waals surface area contributed by atoms with Crippen LogP contribution in [0.4, 0.5) is 24.5 Å². The second-order valence-corrected chi connectivity index (χ2v) is 9.40. The Morgan fingerprint density at radius 3 is 2.20 bits per heavy atom. The highest BCUT2D eigenvalue weighted by Gasteiger charge is 2.31. The highest BCUT2D eigenvalue weighted by molar-refractivity contribution is 5.98. The molecule has 208 valence electrons. The van der Waals surface area contributed by atoms with Crippen molar-refractivity contribution in [3.63, 3.8) is 0 Å². The number of anilines is 1. The maximum Gasteiger partial charge on any atom is 0.416 e. The van der Waals surface area contributed by atoms with E-state index in [0.29, 0.717) is 11.8 Å². The molecule has 0 aliphatic rings. The molecular weight excluding hydrogens is 533 g/mol. The van der Waals surface area contributed by atoms with Crippen molar-refractivity contribution in [2.45, 2.75) is 26.9 Å². The third-order valence-electron chi connectivity index (χ3n) is 5.30. The Labute approximate surface area is 226 Å². The standard InChI is InChI=1S/C27H23F3N4O6/c1-26(2,3)25(37)32-20-12-10-16(11-13-20)23(35)33-31-15-18-7-5-9-21(34(38)39)22(18)40-24(36)17-6-4-8-19(14-17)27(28,29)30/h4-15H,1-3H3,(H,32,37)(H,33,35)/b31-15+. The molecule has 40 heavy (non-hydrogen) atoms. The van der Waals surface area contributed by atoms with Crippen molar-refractivity contribution in [1.82, 2.24) is 5.43 Å². The van der Waals surface area contributed by atoms with Gasteiger partial charge in [-0.3, -0.25) is 19.7 Å². The van der Waals surface area contributed by atoms with Gasteiger partial charge in [-0.2, -0.15) is 18.3 Å². The topological polar surface area (TPSA) is 140 Å². The van der Waals surface area contributed by atoms with E-state index in [9.17, 15) is 37.7 Å². The van der Waals surface area contributed by atoms with Crippen molar-refractivity contribution < 1.29 is 37.2 Å². The first-order valence-corrected chi connectivity index (χ1v) is 11.6. The third kappa shape index (κ3) is 7.49. The Bertz CT molecular complexity index is 1480. The fourth-order valence-corrected chi connectivity index (χ4v) is 3.12. The molecular formula is C27H23F3N4O6. The zero-order valence-electron chi connectivity index (χ0n) is 21.4. The number of carbonyl (C=O) groups is 3. The molecule has 0 fully saturated rings. The Balaban J connectivity index is 1.78. The van der Waals surface area contributed by atoms with E-state index in [1.807, 2.05) is 0 Å². The number of esters is 1. The lowest BCUT2D eigenvalue weighted by Gasteiger charge is -2.17. The summed E-state index contributed by atoms with van der Waals surface area (Å²) in [5.41, 5.74) is -0.0615. The molecule has 0 saturated carbocycles. The van der Waals surface area contributed by atoms with Crippen LogP contribution in [-0.4, -0.2) is 28.9 Å². The van der Waals surface area contributed by atoms with Gasteiger partial charge < -0.3 is 10.1 Å². The summed E-state index contributed by atoms with van der Waals surface area (Å²) in [5, 5.41) is 18.0. The van der Waals surface area contributed by atoms with Gasteiger partial charge >= 0.3 is 17.8 Å². The van der Waals surface area contributed by atoms with E-state index in [0.717, 1.165) is 30.5 Å². The minimum atomic E-state index is -4.72. The highest BCUT2D eigenvalue weighted by Crippen LogP contribution is 2.32. The van der Waals surface area contributed by atoms with Gasteiger partial charge in [-0.1, -0.05) is 32.9 Å². The summed E-state index contributed by atoms with van der Waals surface area (Å²) in [6.45, 7) is 5.25. The summed E-state index contributed by atoms with van der Waals surface area (Å²) in [7, 11) is 0. The molecule has 0 atom stereocenters. The van der Waals surface area contributed by atoms with E-state index in [1.54, 1.807) is 20.8 Å². The molecule has 0 aromatic heterocycles. The van der Waals surface area contributed by atoms with Gasteiger partial charge in [0.05, 0.1) is 22.3 Å². The number of hydrogen-bond acceptors (Lipinski definition) is 7. The summed E-state index contributed by atoms with van der Waals surface area (Å²) in [6.07, 6.45) is -3.73. The SMILES string of the molecule is CC(C)(C)C(=O)Nc1ccc(C(=O)N/N=C/c2cccc([N+](=O)[O-])c2OC(=O)c2cccc(C(F)(F)F)c2)cc1. The summed E-state index contributed by atoms with van der Waals surface area (Å²) >= 11 is 0. The number of carbonyl (C=O) groups excluding carboxylic acids is 3. The van der Waals surface area contributed by atoms with E-state index in [4.69, 9.17) is 4.74 Å². The van der Waals surface area contributed by atoms with Crippen molar-refractivity contribution in [2.24, 2.45) is 10.5 Å². The number of hydrazone groups is 1. The van der Waals surface area contributed by atoms with Crippen molar-refractivity contribution in [3.05, 3.63) is 99.1 Å². The Hall–Kier alpha value is -5.07. The van der Waals surface area contributed by atoms with Gasteiger partial charge in [0, 0.05) is 28.3 Å². The molecule has 0 saturated heterocycles. The molecule has 2 amide bonds. The van der Waals surface area contributed by atoms with Crippen LogP contribution < -0.4 is 15.5 Å². The molecule has 2 N–H and O–H groups in total. The average Bonchev–Trinajstić information content (AvgIpc) is 2.88. The molecule has 3 aromatic carbocycles. The smallest absolute Gasteiger partial charge is 0.415 e. The molecule has 0 radical (unpaired) electrons. The Morgan fingerprint density at radius 1 is 0.950 bits per heavy atom. The molecule has 3 rings (SSSR count). The van der Waals surface area contributed by atoms with Crippen molar-refractivity contribution in [1.29, 1.82) is 0 Å². The predicted molar refractivity (Wildman–Crippen MR) is 139 cm³/mol. The van der Waals surface area contributed by atoms with E-state index >= 15 is 0 Å². The van der Waals surface area contributed by atoms with E-state index < -0.39 is 51.0 Å². The maximum absolute atomic E-state index is 13.0. The summed E-state index contributed by atoms with van der Waals surface area (Å²) in [4.78, 5) is 47.8. The van der Waals surface area contributed by atoms with Gasteiger partial charge in [0.15, 0.2) is 0 Å². The van der Waals surface area contributed by atoms with Crippen LogP contribution in [0.2, 0.25) is 0 Å². The lowest BCUT2D eigenvalue weighted by atomic mass is 9.95. The molecule has 0 aliphatic heterocycles. The molecule has 0 spiro atoms. The quantitative estimate of drug-likeness (QED) is 0.128. The van der Waals surface area contributed by atoms with Gasteiger partial charge in [-0.25, -0.2) is 10.2 Å². The number of nitrogens with one attached hydrogen (secondary N) is 2. The first kappa shape index (κ1) is 29.5. The van der Waals surface area contributed by atoms with Gasteiger partial charge in [0.2, 0.25) is 11.7 Å². The number of nitrogens with zero attached hydrogens (tertiary/aromatic N) is 2. The van der Waals surface area contributed by atoms with Crippen LogP contribution in [0, 0.1) is 15.5 Å². The van der Waals surface area contributed by atoms with E-state index in [-0.39, 0.29) is 17.0 Å². The van der Waals surface area contributed by atoms with Crippen LogP contribution in [0.3, 0.4) is 0 Å². The number of ether oxygens (including phenoxy) is 1. The number of para-hydroxylation sites is 1. The van der Waals surface area contributed by atoms with Crippen molar-refractivity contribution in [3.8, 4) is 5.75 Å². The van der Waals surface area contributed by atoms with Crippen LogP contribution in [0.5, 0.6) is 5.75 Å². The van der Waals surface area contributed by atoms with Gasteiger partial charge in [-0.15, -0.1) is 0 Å². The van der Waals surface area contributed by atoms with Crippen LogP contribution >= 0.6 is 0 Å². The maximum atomic E-state index is 13.0. The molecule has 13 heteroatoms. The second-order valence-electron chi connectivity index (χ2n) is 9.40. The fraction of sp³-hybridized carbons (Fsp3) is 0.185. The number of nitro groups is 1. The van der Waals surface area contributed by atoms with Gasteiger partial charge in [0.25, 0.3) is 5.91 Å². The zero-order chi connectivity index (χ0) is 29.7. The highest BCUT2D eigenvalue weighted by atomic mass is 19.4. The molecule has 0 bridgehead atoms. The molecule has 10 nitrogen and oxygen atoms in total. The van der Waals surface area contributed by atoms with Crippen molar-refractivity contribution >= 4 is 35.4 Å². The normalized spacial score (nSPS) is 11.7. The summed E-state index contributed by atoms with van der Waals surface area (Å²) < 4.78 is 44.2. The third-order valence-corrected chi connectivity index (χ3v) is 5.30.